The standard InChI is InChI=1S/C8H9F2NS/c9-8(10)5(4-11)7(8)6-2-1-3-12-6/h1-3,5,7H,4,11H2/t5-,7+/m0/s1. The maximum atomic E-state index is 13.0. The highest BCUT2D eigenvalue weighted by molar-refractivity contribution is 7.10. The normalized spacial score (nSPS) is 31.9. The number of nitrogens with two attached hydrogens (primary N) is 1. The van der Waals surface area contributed by atoms with E-state index in [-0.39, 0.29) is 6.54 Å². The lowest BCUT2D eigenvalue weighted by Crippen LogP contribution is -2.06. The van der Waals surface area contributed by atoms with Crippen LogP contribution in [-0.4, -0.2) is 12.5 Å². The molecule has 1 aromatic rings. The van der Waals surface area contributed by atoms with Gasteiger partial charge in [-0.25, -0.2) is 8.78 Å². The molecule has 2 atom stereocenters. The van der Waals surface area contributed by atoms with Crippen LogP contribution in [0, 0.1) is 5.92 Å². The van der Waals surface area contributed by atoms with Gasteiger partial charge in [-0.15, -0.1) is 11.3 Å². The van der Waals surface area contributed by atoms with Crippen molar-refractivity contribution >= 4 is 11.3 Å². The van der Waals surface area contributed by atoms with Crippen molar-refractivity contribution in [1.29, 1.82) is 0 Å². The Kier molecular flexibility index (Phi) is 1.70. The van der Waals surface area contributed by atoms with E-state index in [2.05, 4.69) is 0 Å². The molecule has 12 heavy (non-hydrogen) atoms. The van der Waals surface area contributed by atoms with Crippen molar-refractivity contribution < 1.29 is 8.78 Å². The predicted octanol–water partition coefficient (Wildman–Crippen LogP) is 2.06. The zero-order valence-electron chi connectivity index (χ0n) is 6.34. The van der Waals surface area contributed by atoms with E-state index in [1.165, 1.54) is 11.3 Å². The molecule has 2 rings (SSSR count). The zero-order valence-corrected chi connectivity index (χ0v) is 7.15. The van der Waals surface area contributed by atoms with E-state index in [9.17, 15) is 8.78 Å². The van der Waals surface area contributed by atoms with Gasteiger partial charge in [0.2, 0.25) is 0 Å². The Labute approximate surface area is 73.2 Å². The minimum Gasteiger partial charge on any atom is -0.330 e. The van der Waals surface area contributed by atoms with Crippen molar-refractivity contribution in [3.05, 3.63) is 22.4 Å². The van der Waals surface area contributed by atoms with Crippen LogP contribution < -0.4 is 5.73 Å². The predicted molar refractivity (Wildman–Crippen MR) is 44.6 cm³/mol. The lowest BCUT2D eigenvalue weighted by molar-refractivity contribution is 0.0950. The highest BCUT2D eigenvalue weighted by atomic mass is 32.1. The molecule has 0 bridgehead atoms. The van der Waals surface area contributed by atoms with E-state index in [0.717, 1.165) is 4.88 Å². The van der Waals surface area contributed by atoms with Gasteiger partial charge in [0.15, 0.2) is 0 Å². The van der Waals surface area contributed by atoms with Gasteiger partial charge in [-0.2, -0.15) is 0 Å². The van der Waals surface area contributed by atoms with Crippen molar-refractivity contribution in [3.63, 3.8) is 0 Å². The summed E-state index contributed by atoms with van der Waals surface area (Å²) in [6, 6.07) is 3.54. The number of hydrogen-bond acceptors (Lipinski definition) is 2. The van der Waals surface area contributed by atoms with Gasteiger partial charge in [0.25, 0.3) is 5.92 Å². The lowest BCUT2D eigenvalue weighted by Gasteiger charge is -1.90. The highest BCUT2D eigenvalue weighted by Gasteiger charge is 2.68. The third kappa shape index (κ3) is 0.983. The zero-order chi connectivity index (χ0) is 8.77. The van der Waals surface area contributed by atoms with Crippen LogP contribution in [-0.2, 0) is 0 Å². The highest BCUT2D eigenvalue weighted by Crippen LogP contribution is 2.61. The van der Waals surface area contributed by atoms with E-state index in [4.69, 9.17) is 5.73 Å². The van der Waals surface area contributed by atoms with Crippen molar-refractivity contribution in [2.45, 2.75) is 11.8 Å². The van der Waals surface area contributed by atoms with Gasteiger partial charge < -0.3 is 5.73 Å². The number of thiophene rings is 1. The van der Waals surface area contributed by atoms with E-state index in [1.54, 1.807) is 12.1 Å². The quantitative estimate of drug-likeness (QED) is 0.757. The summed E-state index contributed by atoms with van der Waals surface area (Å²) in [5, 5.41) is 1.82. The molecule has 0 aliphatic heterocycles. The van der Waals surface area contributed by atoms with Crippen LogP contribution in [0.15, 0.2) is 17.5 Å². The molecular formula is C8H9F2NS. The first-order valence-corrected chi connectivity index (χ1v) is 4.67. The molecular weight excluding hydrogens is 180 g/mol. The fraction of sp³-hybridized carbons (Fsp3) is 0.500. The minimum atomic E-state index is -2.56. The van der Waals surface area contributed by atoms with E-state index in [0.29, 0.717) is 0 Å². The third-order valence-electron chi connectivity index (χ3n) is 2.31. The Hall–Kier alpha value is -0.480. The second-order valence-electron chi connectivity index (χ2n) is 3.01. The summed E-state index contributed by atoms with van der Waals surface area (Å²) < 4.78 is 25.9. The van der Waals surface area contributed by atoms with Gasteiger partial charge in [-0.1, -0.05) is 6.07 Å². The van der Waals surface area contributed by atoms with Crippen molar-refractivity contribution in [2.75, 3.05) is 6.54 Å². The van der Waals surface area contributed by atoms with E-state index < -0.39 is 17.8 Å². The van der Waals surface area contributed by atoms with Gasteiger partial charge in [0.05, 0.1) is 5.92 Å². The largest absolute Gasteiger partial charge is 0.330 e. The Bertz CT molecular complexity index is 271. The SMILES string of the molecule is NC[C@H]1[C@H](c2cccs2)C1(F)F. The molecule has 0 saturated heterocycles. The van der Waals surface area contributed by atoms with Crippen molar-refractivity contribution in [2.24, 2.45) is 11.7 Å². The molecule has 1 fully saturated rings. The number of hydrogen-bond donors (Lipinski definition) is 1. The minimum absolute atomic E-state index is 0.0789. The fourth-order valence-corrected chi connectivity index (χ4v) is 2.48. The van der Waals surface area contributed by atoms with Crippen LogP contribution in [0.3, 0.4) is 0 Å². The molecule has 1 aliphatic rings. The van der Waals surface area contributed by atoms with Crippen LogP contribution in [0.5, 0.6) is 0 Å². The fourth-order valence-electron chi connectivity index (χ4n) is 1.54. The Balaban J connectivity index is 2.19. The van der Waals surface area contributed by atoms with E-state index >= 15 is 0 Å². The molecule has 0 radical (unpaired) electrons. The molecule has 0 aromatic carbocycles. The average molecular weight is 189 g/mol. The molecule has 4 heteroatoms. The number of halogens is 2. The summed E-state index contributed by atoms with van der Waals surface area (Å²) in [6.07, 6.45) is 0. The third-order valence-corrected chi connectivity index (χ3v) is 3.26. The van der Waals surface area contributed by atoms with Crippen LogP contribution in [0.2, 0.25) is 0 Å². The summed E-state index contributed by atoms with van der Waals surface area (Å²) >= 11 is 1.38. The number of alkyl halides is 2. The summed E-state index contributed by atoms with van der Waals surface area (Å²) in [5.74, 6) is -3.79. The first-order chi connectivity index (χ1) is 5.68. The Morgan fingerprint density at radius 3 is 2.75 bits per heavy atom. The molecule has 1 aromatic heterocycles. The van der Waals surface area contributed by atoms with Crippen LogP contribution in [0.25, 0.3) is 0 Å². The van der Waals surface area contributed by atoms with Gasteiger partial charge in [-0.3, -0.25) is 0 Å². The van der Waals surface area contributed by atoms with Gasteiger partial charge in [-0.05, 0) is 11.4 Å². The average Bonchev–Trinajstić information content (AvgIpc) is 2.50. The maximum Gasteiger partial charge on any atom is 0.261 e. The first-order valence-electron chi connectivity index (χ1n) is 3.79. The van der Waals surface area contributed by atoms with Crippen molar-refractivity contribution in [1.82, 2.24) is 0 Å². The van der Waals surface area contributed by atoms with E-state index in [1.807, 2.05) is 5.38 Å². The Morgan fingerprint density at radius 1 is 1.58 bits per heavy atom. The molecule has 0 spiro atoms. The molecule has 2 N–H and O–H groups in total. The smallest absolute Gasteiger partial charge is 0.261 e. The maximum absolute atomic E-state index is 13.0. The molecule has 1 aliphatic carbocycles. The molecule has 66 valence electrons. The second-order valence-corrected chi connectivity index (χ2v) is 3.99. The topological polar surface area (TPSA) is 26.0 Å². The molecule has 0 amide bonds. The lowest BCUT2D eigenvalue weighted by atomic mass is 10.3. The van der Waals surface area contributed by atoms with Crippen LogP contribution in [0.1, 0.15) is 10.8 Å². The Morgan fingerprint density at radius 2 is 2.33 bits per heavy atom. The monoisotopic (exact) mass is 189 g/mol. The van der Waals surface area contributed by atoms with Crippen LogP contribution in [0.4, 0.5) is 8.78 Å². The summed E-state index contributed by atoms with van der Waals surface area (Å²) in [5.41, 5.74) is 5.23. The van der Waals surface area contributed by atoms with Crippen molar-refractivity contribution in [3.8, 4) is 0 Å². The molecule has 1 heterocycles. The van der Waals surface area contributed by atoms with Gasteiger partial charge in [0.1, 0.15) is 0 Å². The summed E-state index contributed by atoms with van der Waals surface area (Å²) in [7, 11) is 0. The molecule has 1 saturated carbocycles. The summed E-state index contributed by atoms with van der Waals surface area (Å²) in [6.45, 7) is 0.0789. The van der Waals surface area contributed by atoms with Gasteiger partial charge >= 0.3 is 0 Å². The number of rotatable bonds is 2. The first kappa shape index (κ1) is 8.13. The summed E-state index contributed by atoms with van der Waals surface area (Å²) in [4.78, 5) is 0.760. The van der Waals surface area contributed by atoms with Gasteiger partial charge in [0, 0.05) is 17.3 Å². The van der Waals surface area contributed by atoms with Crippen LogP contribution >= 0.6 is 11.3 Å². The molecule has 0 unspecified atom stereocenters. The molecule has 1 nitrogen and oxygen atoms in total. The second kappa shape index (κ2) is 2.50.